The van der Waals surface area contributed by atoms with E-state index in [2.05, 4.69) is 46.4 Å². The molecule has 33 heavy (non-hydrogen) atoms. The lowest BCUT2D eigenvalue weighted by atomic mass is 10.00. The molecule has 5 rings (SSSR count). The summed E-state index contributed by atoms with van der Waals surface area (Å²) in [5.41, 5.74) is 6.39. The Labute approximate surface area is 196 Å². The Morgan fingerprint density at radius 2 is 1.61 bits per heavy atom. The minimum absolute atomic E-state index is 0.0781. The minimum Gasteiger partial charge on any atom is -0.426 e. The summed E-state index contributed by atoms with van der Waals surface area (Å²) < 4.78 is 17.0. The Hall–Kier alpha value is -3.50. The van der Waals surface area contributed by atoms with E-state index in [4.69, 9.17) is 21.2 Å². The van der Waals surface area contributed by atoms with Gasteiger partial charge in [0, 0.05) is 11.1 Å². The number of hydrogen-bond donors (Lipinski definition) is 2. The van der Waals surface area contributed by atoms with Gasteiger partial charge in [0.05, 0.1) is 16.1 Å². The van der Waals surface area contributed by atoms with Crippen molar-refractivity contribution >= 4 is 30.7 Å². The molecule has 1 atom stereocenters. The first-order valence-corrected chi connectivity index (χ1v) is 12.1. The third-order valence-corrected chi connectivity index (χ3v) is 6.23. The fourth-order valence-electron chi connectivity index (χ4n) is 3.72. The lowest BCUT2D eigenvalue weighted by Gasteiger charge is -2.07. The molecule has 162 valence electrons. The number of ether oxygens (including phenoxy) is 1. The van der Waals surface area contributed by atoms with Crippen molar-refractivity contribution in [3.05, 3.63) is 102 Å². The highest BCUT2D eigenvalue weighted by atomic mass is 35.5. The summed E-state index contributed by atoms with van der Waals surface area (Å²) in [4.78, 5) is 16.8. The number of aromatic amines is 1. The van der Waals surface area contributed by atoms with Crippen LogP contribution in [0.2, 0.25) is 5.02 Å². The van der Waals surface area contributed by atoms with Crippen molar-refractivity contribution in [2.75, 3.05) is 0 Å². The van der Waals surface area contributed by atoms with Crippen LogP contribution < -0.4 is 4.74 Å². The summed E-state index contributed by atoms with van der Waals surface area (Å²) in [5.74, 6) is 0.534. The molecule has 0 fully saturated rings. The van der Waals surface area contributed by atoms with Crippen LogP contribution >= 0.6 is 19.6 Å². The second-order valence-electron chi connectivity index (χ2n) is 7.59. The van der Waals surface area contributed by atoms with E-state index in [1.807, 2.05) is 30.3 Å². The molecule has 5 nitrogen and oxygen atoms in total. The molecular formula is C26H19ClN2O3P+. The number of halogens is 1. The van der Waals surface area contributed by atoms with Crippen LogP contribution in [0.1, 0.15) is 5.56 Å². The van der Waals surface area contributed by atoms with Gasteiger partial charge in [-0.15, -0.1) is 0 Å². The van der Waals surface area contributed by atoms with Gasteiger partial charge in [0.2, 0.25) is 6.16 Å². The third kappa shape index (κ3) is 4.81. The number of fused-ring (bicyclic) bond motifs is 1. The number of nitrogens with zero attached hydrogens (tertiary/aromatic N) is 1. The molecule has 0 aliphatic rings. The summed E-state index contributed by atoms with van der Waals surface area (Å²) in [7, 11) is -2.25. The Morgan fingerprint density at radius 1 is 0.879 bits per heavy atom. The molecule has 4 aromatic carbocycles. The highest BCUT2D eigenvalue weighted by molar-refractivity contribution is 7.37. The fourth-order valence-corrected chi connectivity index (χ4v) is 4.51. The third-order valence-electron chi connectivity index (χ3n) is 5.28. The molecule has 0 aliphatic carbocycles. The second-order valence-corrected chi connectivity index (χ2v) is 9.02. The fraction of sp³-hybridized carbons (Fsp3) is 0.0385. The molecule has 0 saturated heterocycles. The van der Waals surface area contributed by atoms with E-state index in [9.17, 15) is 4.57 Å². The smallest absolute Gasteiger partial charge is 0.426 e. The number of rotatable bonds is 6. The van der Waals surface area contributed by atoms with Crippen LogP contribution in [0.3, 0.4) is 0 Å². The molecule has 5 aromatic rings. The van der Waals surface area contributed by atoms with Gasteiger partial charge in [0.15, 0.2) is 0 Å². The quantitative estimate of drug-likeness (QED) is 0.249. The molecule has 0 radical (unpaired) electrons. The summed E-state index contributed by atoms with van der Waals surface area (Å²) >= 11 is 6.59. The standard InChI is InChI=1S/C26H18ClN2O3P/c27-23-15-25-24(28-26(29-25)32-21-8-4-5-17(13-21)16-33(30)31)14-22(23)20-11-9-19(10-12-20)18-6-2-1-3-7-18/h1-15H,16H2,(H-,28,29,30,31)/p+1. The Morgan fingerprint density at radius 3 is 2.36 bits per heavy atom. The molecule has 1 heterocycles. The Kier molecular flexibility index (Phi) is 5.93. The zero-order chi connectivity index (χ0) is 22.8. The van der Waals surface area contributed by atoms with Gasteiger partial charge >= 0.3 is 8.03 Å². The van der Waals surface area contributed by atoms with Crippen LogP contribution in [0.25, 0.3) is 33.3 Å². The summed E-state index contributed by atoms with van der Waals surface area (Å²) in [5, 5.41) is 0.610. The highest BCUT2D eigenvalue weighted by Crippen LogP contribution is 2.34. The van der Waals surface area contributed by atoms with E-state index < -0.39 is 8.03 Å². The van der Waals surface area contributed by atoms with Crippen LogP contribution in [-0.4, -0.2) is 14.9 Å². The van der Waals surface area contributed by atoms with Crippen molar-refractivity contribution in [3.8, 4) is 34.0 Å². The van der Waals surface area contributed by atoms with Gasteiger partial charge in [-0.25, -0.2) is 0 Å². The molecule has 0 aliphatic heterocycles. The van der Waals surface area contributed by atoms with Gasteiger partial charge in [-0.05, 0) is 45.5 Å². The zero-order valence-electron chi connectivity index (χ0n) is 17.4. The summed E-state index contributed by atoms with van der Waals surface area (Å²) in [6.07, 6.45) is 0.0781. The lowest BCUT2D eigenvalue weighted by Crippen LogP contribution is -1.87. The number of imidazole rings is 1. The molecule has 2 N–H and O–H groups in total. The minimum atomic E-state index is -2.25. The van der Waals surface area contributed by atoms with Crippen molar-refractivity contribution in [2.45, 2.75) is 6.16 Å². The molecule has 0 saturated carbocycles. The average Bonchev–Trinajstić information content (AvgIpc) is 3.20. The number of hydrogen-bond acceptors (Lipinski definition) is 3. The van der Waals surface area contributed by atoms with Crippen LogP contribution in [0.4, 0.5) is 0 Å². The van der Waals surface area contributed by atoms with E-state index in [0.29, 0.717) is 16.8 Å². The Balaban J connectivity index is 1.42. The monoisotopic (exact) mass is 473 g/mol. The van der Waals surface area contributed by atoms with Crippen molar-refractivity contribution in [1.82, 2.24) is 9.97 Å². The topological polar surface area (TPSA) is 75.2 Å². The first-order chi connectivity index (χ1) is 16.0. The lowest BCUT2D eigenvalue weighted by molar-refractivity contribution is 0.449. The van der Waals surface area contributed by atoms with Gasteiger partial charge in [0.25, 0.3) is 6.01 Å². The van der Waals surface area contributed by atoms with Gasteiger partial charge in [-0.3, -0.25) is 0 Å². The molecule has 1 unspecified atom stereocenters. The summed E-state index contributed by atoms with van der Waals surface area (Å²) in [6, 6.07) is 29.6. The van der Waals surface area contributed by atoms with Crippen molar-refractivity contribution in [1.29, 1.82) is 0 Å². The maximum Gasteiger partial charge on any atom is 0.510 e. The van der Waals surface area contributed by atoms with E-state index in [1.165, 1.54) is 0 Å². The molecule has 1 aromatic heterocycles. The first-order valence-electron chi connectivity index (χ1n) is 10.3. The van der Waals surface area contributed by atoms with Crippen LogP contribution in [-0.2, 0) is 10.7 Å². The van der Waals surface area contributed by atoms with Gasteiger partial charge < -0.3 is 9.72 Å². The van der Waals surface area contributed by atoms with Gasteiger partial charge in [-0.1, -0.05) is 78.3 Å². The molecule has 0 amide bonds. The number of benzene rings is 4. The number of H-pyrrole nitrogens is 1. The predicted octanol–water partition coefficient (Wildman–Crippen LogP) is 7.58. The maximum absolute atomic E-state index is 11.1. The predicted molar refractivity (Wildman–Crippen MR) is 132 cm³/mol. The van der Waals surface area contributed by atoms with Gasteiger partial charge in [-0.2, -0.15) is 9.88 Å². The number of aromatic nitrogens is 2. The van der Waals surface area contributed by atoms with Gasteiger partial charge in [0.1, 0.15) is 5.75 Å². The van der Waals surface area contributed by atoms with E-state index in [0.717, 1.165) is 38.9 Å². The van der Waals surface area contributed by atoms with E-state index in [1.54, 1.807) is 24.3 Å². The van der Waals surface area contributed by atoms with Crippen molar-refractivity contribution in [3.63, 3.8) is 0 Å². The number of nitrogens with one attached hydrogen (secondary N) is 1. The Bertz CT molecular complexity index is 1450. The first kappa shape index (κ1) is 21.4. The maximum atomic E-state index is 11.1. The second kappa shape index (κ2) is 9.16. The van der Waals surface area contributed by atoms with Crippen LogP contribution in [0, 0.1) is 0 Å². The zero-order valence-corrected chi connectivity index (χ0v) is 19.1. The average molecular weight is 474 g/mol. The van der Waals surface area contributed by atoms with Crippen LogP contribution in [0.5, 0.6) is 11.8 Å². The highest BCUT2D eigenvalue weighted by Gasteiger charge is 2.14. The van der Waals surface area contributed by atoms with Crippen LogP contribution in [0.15, 0.2) is 91.0 Å². The SMILES string of the molecule is O=[P+](O)Cc1cccc(Oc2nc3cc(-c4ccc(-c5ccccc5)cc4)c(Cl)cc3[nH]2)c1. The molecule has 7 heteroatoms. The molecular weight excluding hydrogens is 455 g/mol. The molecule has 0 bridgehead atoms. The normalized spacial score (nSPS) is 11.5. The largest absolute Gasteiger partial charge is 0.510 e. The van der Waals surface area contributed by atoms with E-state index >= 15 is 0 Å². The molecule has 0 spiro atoms. The van der Waals surface area contributed by atoms with E-state index in [-0.39, 0.29) is 6.16 Å². The van der Waals surface area contributed by atoms with Crippen molar-refractivity contribution in [2.24, 2.45) is 0 Å². The summed E-state index contributed by atoms with van der Waals surface area (Å²) in [6.45, 7) is 0. The van der Waals surface area contributed by atoms with Crippen molar-refractivity contribution < 1.29 is 14.2 Å².